The SMILES string of the molecule is CC(=O)I=O. The van der Waals surface area contributed by atoms with Gasteiger partial charge in [0.2, 0.25) is 25.0 Å². The average molecular weight is 186 g/mol. The summed E-state index contributed by atoms with van der Waals surface area (Å²) in [5, 5.41) is 0. The summed E-state index contributed by atoms with van der Waals surface area (Å²) in [6.45, 7) is 1.32. The fourth-order valence-corrected chi connectivity index (χ4v) is 0. The molecule has 0 saturated carbocycles. The molecule has 0 radical (unpaired) electrons. The van der Waals surface area contributed by atoms with E-state index in [-0.39, 0.29) is 3.79 Å². The Morgan fingerprint density at radius 3 is 2.00 bits per heavy atom. The van der Waals surface area contributed by atoms with E-state index >= 15 is 0 Å². The molecule has 5 heavy (non-hydrogen) atoms. The lowest BCUT2D eigenvalue weighted by atomic mass is 11.0. The molecule has 0 unspecified atom stereocenters. The van der Waals surface area contributed by atoms with E-state index in [2.05, 4.69) is 0 Å². The van der Waals surface area contributed by atoms with Gasteiger partial charge in [0.05, 0.1) is 0 Å². The number of carbonyl (C=O) groups is 1. The Bertz CT molecular complexity index is 58.7. The standard InChI is InChI=1S/C2H3IO2/c1-2(4)3-5/h1H3. The molecule has 0 aromatic carbocycles. The quantitative estimate of drug-likeness (QED) is 0.449. The fourth-order valence-electron chi connectivity index (χ4n) is 0. The molecule has 0 aromatic heterocycles. The molecule has 0 heterocycles. The summed E-state index contributed by atoms with van der Waals surface area (Å²) < 4.78 is 9.20. The largest absolute Gasteiger partial charge is 0.285 e. The highest BCUT2D eigenvalue weighted by molar-refractivity contribution is 14.2. The van der Waals surface area contributed by atoms with Gasteiger partial charge in [-0.1, -0.05) is 0 Å². The summed E-state index contributed by atoms with van der Waals surface area (Å²) in [5.74, 6) is 0. The van der Waals surface area contributed by atoms with Crippen molar-refractivity contribution in [1.82, 2.24) is 0 Å². The second-order valence-electron chi connectivity index (χ2n) is 0.547. The topological polar surface area (TPSA) is 34.1 Å². The normalized spacial score (nSPS) is 7.40. The molecule has 0 bridgehead atoms. The van der Waals surface area contributed by atoms with Crippen LogP contribution in [0.2, 0.25) is 0 Å². The van der Waals surface area contributed by atoms with Gasteiger partial charge in [0.25, 0.3) is 0 Å². The lowest BCUT2D eigenvalue weighted by Gasteiger charge is -1.54. The van der Waals surface area contributed by atoms with Crippen molar-refractivity contribution in [3.05, 3.63) is 0 Å². The molecule has 0 fully saturated rings. The van der Waals surface area contributed by atoms with Gasteiger partial charge in [-0.05, 0) is 0 Å². The van der Waals surface area contributed by atoms with Crippen molar-refractivity contribution in [2.45, 2.75) is 6.92 Å². The van der Waals surface area contributed by atoms with E-state index in [0.29, 0.717) is 0 Å². The van der Waals surface area contributed by atoms with Gasteiger partial charge < -0.3 is 0 Å². The van der Waals surface area contributed by atoms with Crippen LogP contribution in [-0.4, -0.2) is 3.79 Å². The van der Waals surface area contributed by atoms with E-state index in [4.69, 9.17) is 0 Å². The first-order valence-corrected chi connectivity index (χ1v) is 3.01. The third kappa shape index (κ3) is 4.20. The molecule has 2 nitrogen and oxygen atoms in total. The van der Waals surface area contributed by atoms with Gasteiger partial charge in [0.1, 0.15) is 0 Å². The Morgan fingerprint density at radius 2 is 2.00 bits per heavy atom. The molecule has 30 valence electrons. The molecule has 0 aliphatic heterocycles. The minimum Gasteiger partial charge on any atom is -0.285 e. The summed E-state index contributed by atoms with van der Waals surface area (Å²) in [6.07, 6.45) is 0. The van der Waals surface area contributed by atoms with Crippen LogP contribution in [-0.2, 0) is 7.86 Å². The summed E-state index contributed by atoms with van der Waals surface area (Å²) in [4.78, 5) is 9.55. The average Bonchev–Trinajstić information content (AvgIpc) is 1.38. The van der Waals surface area contributed by atoms with Crippen molar-refractivity contribution < 1.29 is 7.86 Å². The van der Waals surface area contributed by atoms with E-state index in [0.717, 1.165) is 0 Å². The minimum absolute atomic E-state index is 0.191. The molecule has 3 heteroatoms. The Labute approximate surface area is 40.2 Å². The number of hydrogen-bond donors (Lipinski definition) is 0. The minimum atomic E-state index is -1.34. The predicted octanol–water partition coefficient (Wildman–Crippen LogP) is 0.849. The highest BCUT2D eigenvalue weighted by Gasteiger charge is 1.79. The maximum atomic E-state index is 9.55. The lowest BCUT2D eigenvalue weighted by molar-refractivity contribution is -0.107. The number of carbonyl (C=O) groups excluding carboxylic acids is 1. The zero-order chi connectivity index (χ0) is 4.28. The second kappa shape index (κ2) is 2.44. The second-order valence-corrected chi connectivity index (χ2v) is 2.51. The summed E-state index contributed by atoms with van der Waals surface area (Å²) >= 11 is -1.34. The van der Waals surface area contributed by atoms with E-state index in [1.807, 2.05) is 0 Å². The van der Waals surface area contributed by atoms with Gasteiger partial charge in [0.15, 0.2) is 0 Å². The molecule has 0 saturated heterocycles. The molecule has 0 atom stereocenters. The maximum Gasteiger partial charge on any atom is 0.223 e. The van der Waals surface area contributed by atoms with Gasteiger partial charge in [-0.3, -0.25) is 7.86 Å². The van der Waals surface area contributed by atoms with E-state index < -0.39 is 21.2 Å². The number of halogens is 1. The van der Waals surface area contributed by atoms with Crippen LogP contribution in [0.5, 0.6) is 0 Å². The van der Waals surface area contributed by atoms with Crippen LogP contribution in [0, 0.1) is 0 Å². The lowest BCUT2D eigenvalue weighted by Crippen LogP contribution is -1.63. The molecule has 0 aliphatic carbocycles. The summed E-state index contributed by atoms with van der Waals surface area (Å²) in [7, 11) is 0. The van der Waals surface area contributed by atoms with Crippen LogP contribution in [0.15, 0.2) is 0 Å². The first-order valence-electron chi connectivity index (χ1n) is 1.05. The van der Waals surface area contributed by atoms with Crippen molar-refractivity contribution in [1.29, 1.82) is 0 Å². The third-order valence-corrected chi connectivity index (χ3v) is 0.729. The predicted molar refractivity (Wildman–Crippen MR) is 25.4 cm³/mol. The molecular weight excluding hydrogens is 183 g/mol. The number of hydrogen-bond acceptors (Lipinski definition) is 2. The number of rotatable bonds is 1. The van der Waals surface area contributed by atoms with Crippen molar-refractivity contribution in [3.63, 3.8) is 0 Å². The molecule has 0 rings (SSSR count). The molecular formula is C2H3IO2. The molecule has 0 aliphatic rings. The van der Waals surface area contributed by atoms with Crippen molar-refractivity contribution in [3.8, 4) is 0 Å². The zero-order valence-corrected chi connectivity index (χ0v) is 4.85. The van der Waals surface area contributed by atoms with E-state index in [1.165, 1.54) is 6.92 Å². The van der Waals surface area contributed by atoms with Gasteiger partial charge >= 0.3 is 0 Å². The first kappa shape index (κ1) is 5.20. The molecule has 0 amide bonds. The zero-order valence-electron chi connectivity index (χ0n) is 2.69. The van der Waals surface area contributed by atoms with Gasteiger partial charge in [0, 0.05) is 6.92 Å². The third-order valence-electron chi connectivity index (χ3n) is 0.109. The highest BCUT2D eigenvalue weighted by Crippen LogP contribution is 1.88. The van der Waals surface area contributed by atoms with Crippen LogP contribution in [0.1, 0.15) is 6.92 Å². The van der Waals surface area contributed by atoms with Crippen molar-refractivity contribution >= 4 is 25.0 Å². The molecule has 0 spiro atoms. The van der Waals surface area contributed by atoms with Crippen LogP contribution in [0.25, 0.3) is 0 Å². The Morgan fingerprint density at radius 1 is 1.80 bits per heavy atom. The monoisotopic (exact) mass is 186 g/mol. The summed E-state index contributed by atoms with van der Waals surface area (Å²) in [6, 6.07) is 0. The summed E-state index contributed by atoms with van der Waals surface area (Å²) in [5.41, 5.74) is 0. The van der Waals surface area contributed by atoms with Crippen LogP contribution < -0.4 is 0 Å². The van der Waals surface area contributed by atoms with Crippen LogP contribution in [0.3, 0.4) is 0 Å². The Hall–Kier alpha value is 0.200. The Balaban J connectivity index is 3.20. The highest BCUT2D eigenvalue weighted by atomic mass is 127. The van der Waals surface area contributed by atoms with Gasteiger partial charge in [-0.2, -0.15) is 0 Å². The fraction of sp³-hybridized carbons (Fsp3) is 0.500. The van der Waals surface area contributed by atoms with E-state index in [9.17, 15) is 7.86 Å². The maximum absolute atomic E-state index is 9.55. The van der Waals surface area contributed by atoms with E-state index in [1.54, 1.807) is 0 Å². The smallest absolute Gasteiger partial charge is 0.223 e. The van der Waals surface area contributed by atoms with Crippen molar-refractivity contribution in [2.75, 3.05) is 0 Å². The van der Waals surface area contributed by atoms with Crippen molar-refractivity contribution in [2.24, 2.45) is 0 Å². The Kier molecular flexibility index (Phi) is 2.54. The van der Waals surface area contributed by atoms with Crippen LogP contribution in [0.4, 0.5) is 0 Å². The molecule has 0 aromatic rings. The van der Waals surface area contributed by atoms with Gasteiger partial charge in [-0.15, -0.1) is 0 Å². The molecule has 0 N–H and O–H groups in total. The van der Waals surface area contributed by atoms with Crippen LogP contribution >= 0.6 is 21.2 Å². The van der Waals surface area contributed by atoms with Gasteiger partial charge in [-0.25, -0.2) is 0 Å². The first-order chi connectivity index (χ1) is 2.27.